The van der Waals surface area contributed by atoms with Gasteiger partial charge in [-0.3, -0.25) is 0 Å². The van der Waals surface area contributed by atoms with Crippen molar-refractivity contribution in [2.45, 2.75) is 78.7 Å². The van der Waals surface area contributed by atoms with E-state index in [-0.39, 0.29) is 0 Å². The normalized spacial score (nSPS) is 18.8. The van der Waals surface area contributed by atoms with Crippen LogP contribution in [0.4, 0.5) is 0 Å². The first kappa shape index (κ1) is 17.0. The summed E-state index contributed by atoms with van der Waals surface area (Å²) < 4.78 is 0. The van der Waals surface area contributed by atoms with Gasteiger partial charge in [-0.1, -0.05) is 40.5 Å². The first-order chi connectivity index (χ1) is 9.13. The van der Waals surface area contributed by atoms with Gasteiger partial charge in [-0.25, -0.2) is 0 Å². The first-order valence-corrected chi connectivity index (χ1v) is 8.59. The minimum absolute atomic E-state index is 0.448. The summed E-state index contributed by atoms with van der Waals surface area (Å²) in [6.45, 7) is 14.5. The van der Waals surface area contributed by atoms with Gasteiger partial charge in [0, 0.05) is 19.1 Å². The number of nitrogens with zero attached hydrogens (tertiary/aromatic N) is 1. The Morgan fingerprint density at radius 1 is 1.05 bits per heavy atom. The molecular weight excluding hydrogens is 232 g/mol. The summed E-state index contributed by atoms with van der Waals surface area (Å²) in [5.74, 6) is 0. The third-order valence-corrected chi connectivity index (χ3v) is 4.51. The maximum absolute atomic E-state index is 3.74. The summed E-state index contributed by atoms with van der Waals surface area (Å²) in [6, 6.07) is 0.839. The molecule has 1 N–H and O–H groups in total. The van der Waals surface area contributed by atoms with Crippen molar-refractivity contribution in [3.8, 4) is 0 Å². The molecule has 0 heterocycles. The van der Waals surface area contributed by atoms with E-state index in [2.05, 4.69) is 37.9 Å². The molecule has 2 nitrogen and oxygen atoms in total. The molecule has 0 spiro atoms. The number of hydrogen-bond acceptors (Lipinski definition) is 2. The lowest BCUT2D eigenvalue weighted by Crippen LogP contribution is -2.43. The highest BCUT2D eigenvalue weighted by Crippen LogP contribution is 2.25. The third kappa shape index (κ3) is 7.31. The van der Waals surface area contributed by atoms with Gasteiger partial charge in [-0.05, 0) is 50.6 Å². The van der Waals surface area contributed by atoms with E-state index < -0.39 is 0 Å². The molecule has 0 aliphatic heterocycles. The Balaban J connectivity index is 2.40. The first-order valence-electron chi connectivity index (χ1n) is 8.59. The molecule has 0 amide bonds. The van der Waals surface area contributed by atoms with Gasteiger partial charge in [0.2, 0.25) is 0 Å². The number of nitrogens with one attached hydrogen (secondary N) is 1. The Morgan fingerprint density at radius 2 is 1.63 bits per heavy atom. The molecule has 1 rings (SSSR count). The van der Waals surface area contributed by atoms with Gasteiger partial charge in [-0.15, -0.1) is 0 Å². The second-order valence-corrected chi connectivity index (χ2v) is 6.80. The van der Waals surface area contributed by atoms with E-state index in [0.717, 1.165) is 6.04 Å². The lowest BCUT2D eigenvalue weighted by molar-refractivity contribution is 0.151. The lowest BCUT2D eigenvalue weighted by atomic mass is 9.86. The predicted molar refractivity (Wildman–Crippen MR) is 85.7 cm³/mol. The zero-order valence-corrected chi connectivity index (χ0v) is 13.8. The lowest BCUT2D eigenvalue weighted by Gasteiger charge is -2.35. The van der Waals surface area contributed by atoms with Crippen LogP contribution >= 0.6 is 0 Å². The van der Waals surface area contributed by atoms with Gasteiger partial charge in [0.1, 0.15) is 0 Å². The van der Waals surface area contributed by atoms with E-state index in [9.17, 15) is 0 Å². The van der Waals surface area contributed by atoms with Crippen molar-refractivity contribution in [3.05, 3.63) is 0 Å². The summed E-state index contributed by atoms with van der Waals surface area (Å²) in [4.78, 5) is 2.71. The zero-order valence-electron chi connectivity index (χ0n) is 13.8. The summed E-state index contributed by atoms with van der Waals surface area (Å²) in [6.07, 6.45) is 9.39. The Bertz CT molecular complexity index is 217. The van der Waals surface area contributed by atoms with Gasteiger partial charge in [-0.2, -0.15) is 0 Å². The number of hydrogen-bond donors (Lipinski definition) is 1. The average Bonchev–Trinajstić information content (AvgIpc) is 3.24. The monoisotopic (exact) mass is 268 g/mol. The van der Waals surface area contributed by atoms with Crippen LogP contribution in [-0.4, -0.2) is 37.1 Å². The molecule has 114 valence electrons. The molecule has 0 aromatic heterocycles. The van der Waals surface area contributed by atoms with Crippen molar-refractivity contribution in [3.63, 3.8) is 0 Å². The minimum Gasteiger partial charge on any atom is -0.313 e. The number of unbranched alkanes of at least 4 members (excludes halogenated alkanes) is 2. The molecule has 0 bridgehead atoms. The topological polar surface area (TPSA) is 15.3 Å². The molecule has 0 radical (unpaired) electrons. The Hall–Kier alpha value is -0.0800. The highest BCUT2D eigenvalue weighted by Gasteiger charge is 2.28. The standard InChI is InChI=1S/C17H36N2/c1-5-8-12-19(13-9-6-2)15-17(4,7-3)14-18-16-10-11-16/h16,18H,5-15H2,1-4H3. The van der Waals surface area contributed by atoms with E-state index in [1.165, 1.54) is 71.1 Å². The highest BCUT2D eigenvalue weighted by molar-refractivity contribution is 4.86. The van der Waals surface area contributed by atoms with Crippen molar-refractivity contribution < 1.29 is 0 Å². The summed E-state index contributed by atoms with van der Waals surface area (Å²) in [5.41, 5.74) is 0.448. The van der Waals surface area contributed by atoms with Crippen LogP contribution in [-0.2, 0) is 0 Å². The molecule has 2 heteroatoms. The molecular formula is C17H36N2. The molecule has 0 saturated heterocycles. The van der Waals surface area contributed by atoms with E-state index in [1.807, 2.05) is 0 Å². The molecule has 1 atom stereocenters. The van der Waals surface area contributed by atoms with Crippen LogP contribution in [0.1, 0.15) is 72.6 Å². The molecule has 19 heavy (non-hydrogen) atoms. The third-order valence-electron chi connectivity index (χ3n) is 4.51. The largest absolute Gasteiger partial charge is 0.313 e. The second kappa shape index (κ2) is 8.97. The van der Waals surface area contributed by atoms with Gasteiger partial charge in [0.15, 0.2) is 0 Å². The summed E-state index contributed by atoms with van der Waals surface area (Å²) in [7, 11) is 0. The van der Waals surface area contributed by atoms with Crippen LogP contribution in [0, 0.1) is 5.41 Å². The zero-order chi connectivity index (χ0) is 14.1. The van der Waals surface area contributed by atoms with Crippen LogP contribution in [0.3, 0.4) is 0 Å². The fourth-order valence-corrected chi connectivity index (χ4v) is 2.54. The molecule has 1 fully saturated rings. The molecule has 1 unspecified atom stereocenters. The molecule has 1 aliphatic carbocycles. The van der Waals surface area contributed by atoms with E-state index >= 15 is 0 Å². The van der Waals surface area contributed by atoms with Crippen molar-refractivity contribution in [2.24, 2.45) is 5.41 Å². The number of rotatable bonds is 12. The maximum atomic E-state index is 3.74. The van der Waals surface area contributed by atoms with Crippen LogP contribution in [0.25, 0.3) is 0 Å². The van der Waals surface area contributed by atoms with Crippen molar-refractivity contribution in [1.82, 2.24) is 10.2 Å². The Kier molecular flexibility index (Phi) is 8.01. The maximum Gasteiger partial charge on any atom is 0.00684 e. The van der Waals surface area contributed by atoms with Crippen LogP contribution in [0.2, 0.25) is 0 Å². The Morgan fingerprint density at radius 3 is 2.05 bits per heavy atom. The molecule has 1 aliphatic rings. The summed E-state index contributed by atoms with van der Waals surface area (Å²) in [5, 5.41) is 3.74. The van der Waals surface area contributed by atoms with Crippen molar-refractivity contribution >= 4 is 0 Å². The quantitative estimate of drug-likeness (QED) is 0.574. The fraction of sp³-hybridized carbons (Fsp3) is 1.00. The molecule has 1 saturated carbocycles. The van der Waals surface area contributed by atoms with E-state index in [4.69, 9.17) is 0 Å². The fourth-order valence-electron chi connectivity index (χ4n) is 2.54. The average molecular weight is 268 g/mol. The highest BCUT2D eigenvalue weighted by atomic mass is 15.1. The Labute approximate surface area is 121 Å². The SMILES string of the molecule is CCCCN(CCCC)CC(C)(CC)CNC1CC1. The van der Waals surface area contributed by atoms with Gasteiger partial charge in [0.25, 0.3) is 0 Å². The van der Waals surface area contributed by atoms with Gasteiger partial charge < -0.3 is 10.2 Å². The van der Waals surface area contributed by atoms with Crippen LogP contribution in [0.15, 0.2) is 0 Å². The smallest absolute Gasteiger partial charge is 0.00684 e. The van der Waals surface area contributed by atoms with Gasteiger partial charge in [0.05, 0.1) is 0 Å². The minimum atomic E-state index is 0.448. The summed E-state index contributed by atoms with van der Waals surface area (Å²) >= 11 is 0. The van der Waals surface area contributed by atoms with Crippen LogP contribution < -0.4 is 5.32 Å². The molecule has 0 aromatic rings. The van der Waals surface area contributed by atoms with Crippen molar-refractivity contribution in [2.75, 3.05) is 26.2 Å². The van der Waals surface area contributed by atoms with Crippen molar-refractivity contribution in [1.29, 1.82) is 0 Å². The molecule has 0 aromatic carbocycles. The van der Waals surface area contributed by atoms with Gasteiger partial charge >= 0.3 is 0 Å². The van der Waals surface area contributed by atoms with E-state index in [1.54, 1.807) is 0 Å². The second-order valence-electron chi connectivity index (χ2n) is 6.80. The van der Waals surface area contributed by atoms with E-state index in [0.29, 0.717) is 5.41 Å². The van der Waals surface area contributed by atoms with Crippen LogP contribution in [0.5, 0.6) is 0 Å². The predicted octanol–water partition coefficient (Wildman–Crippen LogP) is 4.06.